The van der Waals surface area contributed by atoms with Crippen LogP contribution in [-0.2, 0) is 6.54 Å². The van der Waals surface area contributed by atoms with Crippen molar-refractivity contribution < 1.29 is 18.7 Å². The molecule has 0 unspecified atom stereocenters. The van der Waals surface area contributed by atoms with E-state index < -0.39 is 5.76 Å². The predicted octanol–water partition coefficient (Wildman–Crippen LogP) is 3.19. The van der Waals surface area contributed by atoms with E-state index in [0.29, 0.717) is 51.4 Å². The molecule has 0 aliphatic carbocycles. The van der Waals surface area contributed by atoms with Gasteiger partial charge in [-0.3, -0.25) is 9.36 Å². The average molecular weight is 464 g/mol. The number of rotatable bonds is 7. The third-order valence-corrected chi connectivity index (χ3v) is 5.19. The number of nitrogens with zero attached hydrogens (tertiary/aromatic N) is 2. The monoisotopic (exact) mass is 463 g/mol. The van der Waals surface area contributed by atoms with Gasteiger partial charge in [-0.2, -0.15) is 0 Å². The fourth-order valence-corrected chi connectivity index (χ4v) is 3.41. The number of likely N-dealkylation sites (N-methyl/N-ethyl adjacent to an activating group) is 1. The van der Waals surface area contributed by atoms with E-state index in [4.69, 9.17) is 13.9 Å². The van der Waals surface area contributed by atoms with Gasteiger partial charge in [0, 0.05) is 24.3 Å². The number of anilines is 1. The molecule has 1 N–H and O–H groups in total. The highest BCUT2D eigenvalue weighted by atomic mass is 79.9. The Balaban J connectivity index is 1.91. The molecule has 0 aliphatic rings. The van der Waals surface area contributed by atoms with Gasteiger partial charge in [-0.05, 0) is 60.4 Å². The van der Waals surface area contributed by atoms with Crippen molar-refractivity contribution in [2.45, 2.75) is 6.54 Å². The molecule has 0 aliphatic heterocycles. The molecule has 0 saturated heterocycles. The molecule has 9 heteroatoms. The van der Waals surface area contributed by atoms with Crippen LogP contribution < -0.4 is 20.5 Å². The van der Waals surface area contributed by atoms with Crippen LogP contribution in [0.25, 0.3) is 11.1 Å². The van der Waals surface area contributed by atoms with E-state index in [2.05, 4.69) is 21.2 Å². The van der Waals surface area contributed by atoms with Gasteiger partial charge in [0.05, 0.1) is 19.7 Å². The van der Waals surface area contributed by atoms with Gasteiger partial charge < -0.3 is 24.1 Å². The van der Waals surface area contributed by atoms with E-state index >= 15 is 0 Å². The van der Waals surface area contributed by atoms with Gasteiger partial charge in [0.15, 0.2) is 5.58 Å². The zero-order valence-corrected chi connectivity index (χ0v) is 18.2. The molecule has 3 aromatic rings. The summed E-state index contributed by atoms with van der Waals surface area (Å²) in [7, 11) is 6.89. The third kappa shape index (κ3) is 4.46. The van der Waals surface area contributed by atoms with Crippen molar-refractivity contribution in [2.24, 2.45) is 0 Å². The van der Waals surface area contributed by atoms with E-state index in [9.17, 15) is 9.59 Å². The summed E-state index contributed by atoms with van der Waals surface area (Å²) in [4.78, 5) is 26.9. The molecule has 29 heavy (non-hydrogen) atoms. The molecule has 1 heterocycles. The second kappa shape index (κ2) is 8.71. The topological polar surface area (TPSA) is 85.9 Å². The van der Waals surface area contributed by atoms with E-state index in [1.165, 1.54) is 14.2 Å². The molecule has 0 spiro atoms. The molecule has 0 radical (unpaired) electrons. The molecule has 2 aromatic carbocycles. The van der Waals surface area contributed by atoms with E-state index in [-0.39, 0.29) is 5.91 Å². The van der Waals surface area contributed by atoms with Crippen molar-refractivity contribution >= 4 is 38.6 Å². The number of hydrogen-bond donors (Lipinski definition) is 1. The quantitative estimate of drug-likeness (QED) is 0.578. The Labute approximate surface area is 176 Å². The third-order valence-electron chi connectivity index (χ3n) is 4.40. The standard InChI is InChI=1S/C20H22BrN3O5/c1-23(2)7-8-24-14-11-13(5-6-15(14)29-20(24)26)22-19(25)12-9-16(27-3)18(21)17(10-12)28-4/h5-6,9-11H,7-8H2,1-4H3,(H,22,25). The molecule has 0 atom stereocenters. The average Bonchev–Trinajstić information content (AvgIpc) is 3.00. The minimum absolute atomic E-state index is 0.334. The summed E-state index contributed by atoms with van der Waals surface area (Å²) >= 11 is 3.39. The summed E-state index contributed by atoms with van der Waals surface area (Å²) < 4.78 is 18.0. The normalized spacial score (nSPS) is 11.1. The van der Waals surface area contributed by atoms with Crippen LogP contribution in [0, 0.1) is 0 Å². The molecular weight excluding hydrogens is 442 g/mol. The van der Waals surface area contributed by atoms with Gasteiger partial charge in [0.25, 0.3) is 5.91 Å². The summed E-state index contributed by atoms with van der Waals surface area (Å²) in [5, 5.41) is 2.84. The Kier molecular flexibility index (Phi) is 6.29. The number of nitrogens with one attached hydrogen (secondary N) is 1. The molecule has 8 nitrogen and oxygen atoms in total. The number of benzene rings is 2. The van der Waals surface area contributed by atoms with Crippen molar-refractivity contribution in [3.63, 3.8) is 0 Å². The van der Waals surface area contributed by atoms with E-state index in [0.717, 1.165) is 0 Å². The lowest BCUT2D eigenvalue weighted by atomic mass is 10.1. The van der Waals surface area contributed by atoms with Crippen molar-refractivity contribution in [3.8, 4) is 11.5 Å². The van der Waals surface area contributed by atoms with Gasteiger partial charge in [0.2, 0.25) is 0 Å². The molecule has 0 saturated carbocycles. The first-order valence-electron chi connectivity index (χ1n) is 8.85. The zero-order chi connectivity index (χ0) is 21.1. The van der Waals surface area contributed by atoms with Gasteiger partial charge in [-0.25, -0.2) is 4.79 Å². The van der Waals surface area contributed by atoms with Crippen LogP contribution >= 0.6 is 15.9 Å². The zero-order valence-electron chi connectivity index (χ0n) is 16.6. The maximum absolute atomic E-state index is 12.8. The Bertz CT molecular complexity index is 1080. The highest BCUT2D eigenvalue weighted by Crippen LogP contribution is 2.35. The van der Waals surface area contributed by atoms with Crippen molar-refractivity contribution in [1.82, 2.24) is 9.47 Å². The van der Waals surface area contributed by atoms with E-state index in [1.807, 2.05) is 19.0 Å². The first kappa shape index (κ1) is 20.9. The van der Waals surface area contributed by atoms with Gasteiger partial charge in [-0.1, -0.05) is 0 Å². The van der Waals surface area contributed by atoms with Crippen molar-refractivity contribution in [1.29, 1.82) is 0 Å². The lowest BCUT2D eigenvalue weighted by Gasteiger charge is -2.12. The summed E-state index contributed by atoms with van der Waals surface area (Å²) in [6.45, 7) is 1.17. The lowest BCUT2D eigenvalue weighted by molar-refractivity contribution is 0.102. The van der Waals surface area contributed by atoms with Gasteiger partial charge in [0.1, 0.15) is 16.0 Å². The molecule has 1 aromatic heterocycles. The lowest BCUT2D eigenvalue weighted by Crippen LogP contribution is -2.23. The first-order chi connectivity index (χ1) is 13.8. The molecule has 154 valence electrons. The van der Waals surface area contributed by atoms with Crippen molar-refractivity contribution in [3.05, 3.63) is 50.9 Å². The maximum atomic E-state index is 12.8. The molecule has 0 bridgehead atoms. The summed E-state index contributed by atoms with van der Waals surface area (Å²) in [5.41, 5.74) is 2.02. The van der Waals surface area contributed by atoms with Crippen LogP contribution in [0.1, 0.15) is 10.4 Å². The highest BCUT2D eigenvalue weighted by Gasteiger charge is 2.16. The number of hydrogen-bond acceptors (Lipinski definition) is 6. The van der Waals surface area contributed by atoms with Crippen LogP contribution in [0.2, 0.25) is 0 Å². The van der Waals surface area contributed by atoms with Crippen LogP contribution in [0.3, 0.4) is 0 Å². The Morgan fingerprint density at radius 3 is 2.41 bits per heavy atom. The van der Waals surface area contributed by atoms with Gasteiger partial charge >= 0.3 is 5.76 Å². The SMILES string of the molecule is COc1cc(C(=O)Nc2ccc3oc(=O)n(CCN(C)C)c3c2)cc(OC)c1Br. The molecular formula is C20H22BrN3O5. The Hall–Kier alpha value is -2.78. The number of amides is 1. The second-order valence-corrected chi connectivity index (χ2v) is 7.45. The number of halogens is 1. The highest BCUT2D eigenvalue weighted by molar-refractivity contribution is 9.10. The van der Waals surface area contributed by atoms with Crippen LogP contribution in [0.4, 0.5) is 5.69 Å². The maximum Gasteiger partial charge on any atom is 0.419 e. The molecule has 0 fully saturated rings. The van der Waals surface area contributed by atoms with E-state index in [1.54, 1.807) is 34.9 Å². The summed E-state index contributed by atoms with van der Waals surface area (Å²) in [6, 6.07) is 8.31. The number of ether oxygens (including phenoxy) is 2. The number of fused-ring (bicyclic) bond motifs is 1. The summed E-state index contributed by atoms with van der Waals surface area (Å²) in [5.74, 6) is 0.210. The Morgan fingerprint density at radius 1 is 1.17 bits per heavy atom. The number of methoxy groups -OCH3 is 2. The number of aromatic nitrogens is 1. The fraction of sp³-hybridized carbons (Fsp3) is 0.300. The molecule has 1 amide bonds. The number of carbonyl (C=O) groups is 1. The smallest absolute Gasteiger partial charge is 0.419 e. The minimum Gasteiger partial charge on any atom is -0.495 e. The van der Waals surface area contributed by atoms with Crippen LogP contribution in [0.15, 0.2) is 44.0 Å². The fourth-order valence-electron chi connectivity index (χ4n) is 2.86. The first-order valence-corrected chi connectivity index (χ1v) is 9.64. The second-order valence-electron chi connectivity index (χ2n) is 6.65. The largest absolute Gasteiger partial charge is 0.495 e. The molecule has 3 rings (SSSR count). The Morgan fingerprint density at radius 2 is 1.83 bits per heavy atom. The predicted molar refractivity (Wildman–Crippen MR) is 114 cm³/mol. The minimum atomic E-state index is -0.423. The summed E-state index contributed by atoms with van der Waals surface area (Å²) in [6.07, 6.45) is 0. The van der Waals surface area contributed by atoms with Crippen molar-refractivity contribution in [2.75, 3.05) is 40.2 Å². The van der Waals surface area contributed by atoms with Crippen LogP contribution in [0.5, 0.6) is 11.5 Å². The number of carbonyl (C=O) groups excluding carboxylic acids is 1. The van der Waals surface area contributed by atoms with Gasteiger partial charge in [-0.15, -0.1) is 0 Å². The number of oxazole rings is 1. The van der Waals surface area contributed by atoms with Crippen LogP contribution in [-0.4, -0.2) is 50.2 Å².